The van der Waals surface area contributed by atoms with Crippen molar-refractivity contribution in [1.82, 2.24) is 14.8 Å². The van der Waals surface area contributed by atoms with E-state index in [9.17, 15) is 0 Å². The van der Waals surface area contributed by atoms with Crippen molar-refractivity contribution in [3.05, 3.63) is 12.2 Å². The first-order chi connectivity index (χ1) is 8.22. The summed E-state index contributed by atoms with van der Waals surface area (Å²) in [5, 5.41) is 4.20. The van der Waals surface area contributed by atoms with Gasteiger partial charge in [0.15, 0.2) is 5.82 Å². The molecule has 0 aromatic carbocycles. The van der Waals surface area contributed by atoms with Crippen LogP contribution in [0.5, 0.6) is 0 Å². The molecule has 0 spiro atoms. The summed E-state index contributed by atoms with van der Waals surface area (Å²) < 4.78 is 7.85. The van der Waals surface area contributed by atoms with Gasteiger partial charge in [-0.05, 0) is 39.2 Å². The van der Waals surface area contributed by atoms with Crippen molar-refractivity contribution in [2.45, 2.75) is 51.9 Å². The molecule has 1 fully saturated rings. The zero-order valence-electron chi connectivity index (χ0n) is 10.7. The first-order valence-corrected chi connectivity index (χ1v) is 6.42. The third-order valence-electron chi connectivity index (χ3n) is 3.45. The fraction of sp³-hybridized carbons (Fsp3) is 0.833. The molecular formula is C12H22N4O. The molecule has 1 aromatic rings. The molecule has 0 aliphatic heterocycles. The minimum absolute atomic E-state index is 0.303. The Morgan fingerprint density at radius 1 is 1.53 bits per heavy atom. The number of aromatic nitrogens is 3. The van der Waals surface area contributed by atoms with Gasteiger partial charge in [-0.1, -0.05) is 6.42 Å². The Hall–Kier alpha value is -0.940. The molecule has 0 amide bonds. The number of ether oxygens (including phenoxy) is 1. The van der Waals surface area contributed by atoms with Crippen LogP contribution in [0.2, 0.25) is 0 Å². The van der Waals surface area contributed by atoms with Crippen LogP contribution < -0.4 is 5.73 Å². The first kappa shape index (κ1) is 12.5. The third kappa shape index (κ3) is 2.84. The summed E-state index contributed by atoms with van der Waals surface area (Å²) in [7, 11) is 0. The topological polar surface area (TPSA) is 66.0 Å². The third-order valence-corrected chi connectivity index (χ3v) is 3.45. The van der Waals surface area contributed by atoms with Gasteiger partial charge in [0.25, 0.3) is 0 Å². The van der Waals surface area contributed by atoms with Crippen molar-refractivity contribution in [3.63, 3.8) is 0 Å². The Morgan fingerprint density at radius 3 is 3.06 bits per heavy atom. The molecule has 5 nitrogen and oxygen atoms in total. The molecule has 0 radical (unpaired) electrons. The maximum absolute atomic E-state index is 5.94. The highest BCUT2D eigenvalue weighted by atomic mass is 16.5. The molecule has 1 saturated carbocycles. The monoisotopic (exact) mass is 238 g/mol. The maximum Gasteiger partial charge on any atom is 0.153 e. The van der Waals surface area contributed by atoms with E-state index >= 15 is 0 Å². The van der Waals surface area contributed by atoms with Crippen LogP contribution in [0.15, 0.2) is 6.33 Å². The van der Waals surface area contributed by atoms with Gasteiger partial charge in [-0.15, -0.1) is 0 Å². The number of hydrogen-bond acceptors (Lipinski definition) is 4. The lowest BCUT2D eigenvalue weighted by Crippen LogP contribution is -2.25. The Labute approximate surface area is 102 Å². The standard InChI is InChI=1S/C12H22N4O/c1-9(2)16-12(14-8-15-16)7-17-11-5-3-4-10(11)6-13/h8-11H,3-7,13H2,1-2H3. The van der Waals surface area contributed by atoms with Gasteiger partial charge in [-0.2, -0.15) is 5.10 Å². The predicted molar refractivity (Wildman–Crippen MR) is 65.4 cm³/mol. The van der Waals surface area contributed by atoms with Crippen molar-refractivity contribution in [2.75, 3.05) is 6.54 Å². The fourth-order valence-corrected chi connectivity index (χ4v) is 2.48. The molecule has 0 bridgehead atoms. The number of nitrogens with zero attached hydrogens (tertiary/aromatic N) is 3. The van der Waals surface area contributed by atoms with Crippen molar-refractivity contribution in [2.24, 2.45) is 11.7 Å². The van der Waals surface area contributed by atoms with Crippen molar-refractivity contribution in [3.8, 4) is 0 Å². The lowest BCUT2D eigenvalue weighted by Gasteiger charge is -2.19. The number of nitrogens with two attached hydrogens (primary N) is 1. The number of rotatable bonds is 5. The molecule has 1 aromatic heterocycles. The molecule has 0 saturated heterocycles. The van der Waals surface area contributed by atoms with Gasteiger partial charge in [0.1, 0.15) is 12.9 Å². The lowest BCUT2D eigenvalue weighted by molar-refractivity contribution is 0.0127. The van der Waals surface area contributed by atoms with Gasteiger partial charge >= 0.3 is 0 Å². The van der Waals surface area contributed by atoms with Crippen LogP contribution in [0.25, 0.3) is 0 Å². The molecule has 1 aliphatic carbocycles. The summed E-state index contributed by atoms with van der Waals surface area (Å²) in [6, 6.07) is 0.324. The highest BCUT2D eigenvalue weighted by Crippen LogP contribution is 2.28. The van der Waals surface area contributed by atoms with Gasteiger partial charge in [-0.3, -0.25) is 0 Å². The van der Waals surface area contributed by atoms with E-state index in [0.29, 0.717) is 24.7 Å². The smallest absolute Gasteiger partial charge is 0.153 e. The fourth-order valence-electron chi connectivity index (χ4n) is 2.48. The van der Waals surface area contributed by atoms with Crippen molar-refractivity contribution >= 4 is 0 Å². The van der Waals surface area contributed by atoms with E-state index in [4.69, 9.17) is 10.5 Å². The zero-order chi connectivity index (χ0) is 12.3. The van der Waals surface area contributed by atoms with E-state index in [1.807, 2.05) is 4.68 Å². The molecule has 2 N–H and O–H groups in total. The SMILES string of the molecule is CC(C)n1ncnc1COC1CCCC1CN. The highest BCUT2D eigenvalue weighted by Gasteiger charge is 2.27. The van der Waals surface area contributed by atoms with E-state index in [-0.39, 0.29) is 0 Å². The zero-order valence-corrected chi connectivity index (χ0v) is 10.7. The largest absolute Gasteiger partial charge is 0.370 e. The van der Waals surface area contributed by atoms with Gasteiger partial charge in [0.05, 0.1) is 6.10 Å². The minimum atomic E-state index is 0.303. The first-order valence-electron chi connectivity index (χ1n) is 6.42. The summed E-state index contributed by atoms with van der Waals surface area (Å²) in [6.07, 6.45) is 5.43. The molecule has 2 atom stereocenters. The van der Waals surface area contributed by atoms with Gasteiger partial charge < -0.3 is 10.5 Å². The Morgan fingerprint density at radius 2 is 2.35 bits per heavy atom. The second kappa shape index (κ2) is 5.60. The van der Waals surface area contributed by atoms with E-state index in [2.05, 4.69) is 23.9 Å². The summed E-state index contributed by atoms with van der Waals surface area (Å²) in [4.78, 5) is 4.24. The maximum atomic E-state index is 5.94. The molecule has 1 aliphatic rings. The van der Waals surface area contributed by atoms with E-state index in [0.717, 1.165) is 18.8 Å². The normalized spacial score (nSPS) is 24.7. The van der Waals surface area contributed by atoms with Crippen molar-refractivity contribution < 1.29 is 4.74 Å². The summed E-state index contributed by atoms with van der Waals surface area (Å²) in [5.41, 5.74) is 5.74. The van der Waals surface area contributed by atoms with Crippen LogP contribution in [0, 0.1) is 5.92 Å². The van der Waals surface area contributed by atoms with Crippen LogP contribution in [0.1, 0.15) is 45.0 Å². The van der Waals surface area contributed by atoms with Crippen LogP contribution in [0.3, 0.4) is 0 Å². The van der Waals surface area contributed by atoms with Crippen LogP contribution in [-0.4, -0.2) is 27.4 Å². The Kier molecular flexibility index (Phi) is 4.12. The van der Waals surface area contributed by atoms with E-state index < -0.39 is 0 Å². The quantitative estimate of drug-likeness (QED) is 0.844. The van der Waals surface area contributed by atoms with Crippen molar-refractivity contribution in [1.29, 1.82) is 0 Å². The Balaban J connectivity index is 1.91. The van der Waals surface area contributed by atoms with Gasteiger partial charge in [0, 0.05) is 6.04 Å². The second-order valence-electron chi connectivity index (χ2n) is 4.99. The average molecular weight is 238 g/mol. The summed E-state index contributed by atoms with van der Waals surface area (Å²) >= 11 is 0. The average Bonchev–Trinajstić information content (AvgIpc) is 2.94. The Bertz CT molecular complexity index is 350. The van der Waals surface area contributed by atoms with E-state index in [1.54, 1.807) is 6.33 Å². The molecule has 2 unspecified atom stereocenters. The predicted octanol–water partition coefficient (Wildman–Crippen LogP) is 1.50. The van der Waals surface area contributed by atoms with Gasteiger partial charge in [0.2, 0.25) is 0 Å². The molecule has 1 heterocycles. The molecular weight excluding hydrogens is 216 g/mol. The molecule has 17 heavy (non-hydrogen) atoms. The second-order valence-corrected chi connectivity index (χ2v) is 4.99. The minimum Gasteiger partial charge on any atom is -0.370 e. The van der Waals surface area contributed by atoms with E-state index in [1.165, 1.54) is 12.8 Å². The highest BCUT2D eigenvalue weighted by molar-refractivity contribution is 4.85. The summed E-state index contributed by atoms with van der Waals surface area (Å²) in [6.45, 7) is 5.45. The number of hydrogen-bond donors (Lipinski definition) is 1. The lowest BCUT2D eigenvalue weighted by atomic mass is 10.1. The van der Waals surface area contributed by atoms with Crippen LogP contribution >= 0.6 is 0 Å². The molecule has 96 valence electrons. The van der Waals surface area contributed by atoms with Crippen LogP contribution in [-0.2, 0) is 11.3 Å². The van der Waals surface area contributed by atoms with Crippen LogP contribution in [0.4, 0.5) is 0 Å². The molecule has 5 heteroatoms. The summed E-state index contributed by atoms with van der Waals surface area (Å²) in [5.74, 6) is 1.42. The molecule has 2 rings (SSSR count). The van der Waals surface area contributed by atoms with Gasteiger partial charge in [-0.25, -0.2) is 9.67 Å².